The van der Waals surface area contributed by atoms with Gasteiger partial charge in [0.2, 0.25) is 23.6 Å². The van der Waals surface area contributed by atoms with Crippen LogP contribution in [0.3, 0.4) is 0 Å². The molecule has 324 valence electrons. The molecule has 8 N–H and O–H groups in total. The number of rotatable bonds is 25. The number of nitrogens with one attached hydrogen (secondary N) is 7. The number of carbonyl (C=O) groups is 6. The van der Waals surface area contributed by atoms with Crippen LogP contribution in [-0.2, 0) is 27.1 Å². The number of amides is 7. The minimum atomic E-state index is -4.81. The fraction of sp³-hybridized carbons (Fsp3) is 0.564. The Morgan fingerprint density at radius 2 is 1.41 bits per heavy atom. The Balaban J connectivity index is 0.965. The van der Waals surface area contributed by atoms with Crippen LogP contribution in [-0.4, -0.2) is 95.1 Å². The predicted octanol–water partition coefficient (Wildman–Crippen LogP) is 4.59. The van der Waals surface area contributed by atoms with Crippen molar-refractivity contribution in [1.82, 2.24) is 42.2 Å². The average molecular weight is 851 g/mol. The van der Waals surface area contributed by atoms with Gasteiger partial charge in [0.15, 0.2) is 0 Å². The molecule has 0 unspecified atom stereocenters. The summed E-state index contributed by atoms with van der Waals surface area (Å²) in [6, 6.07) is 7.85. The number of carboxylic acid groups (broad SMARTS) is 1. The van der Waals surface area contributed by atoms with Crippen LogP contribution in [0.4, 0.5) is 22.8 Å². The van der Waals surface area contributed by atoms with Crippen molar-refractivity contribution >= 4 is 47.5 Å². The molecule has 3 heterocycles. The number of halogens is 3. The zero-order valence-corrected chi connectivity index (χ0v) is 33.5. The smallest absolute Gasteiger partial charge is 0.433 e. The van der Waals surface area contributed by atoms with Crippen molar-refractivity contribution in [3.05, 3.63) is 53.2 Å². The normalized spacial score (nSPS) is 16.9. The maximum Gasteiger partial charge on any atom is 0.433 e. The second kappa shape index (κ2) is 24.0. The highest BCUT2D eigenvalue weighted by Gasteiger charge is 2.42. The van der Waals surface area contributed by atoms with Gasteiger partial charge in [0.25, 0.3) is 5.91 Å². The number of fused-ring (bicyclic) bond motifs is 1. The van der Waals surface area contributed by atoms with Crippen molar-refractivity contribution in [2.24, 2.45) is 0 Å². The molecule has 2 saturated heterocycles. The van der Waals surface area contributed by atoms with Gasteiger partial charge in [-0.1, -0.05) is 25.3 Å². The minimum absolute atomic E-state index is 0.0261. The highest BCUT2D eigenvalue weighted by atomic mass is 32.2. The molecule has 0 radical (unpaired) electrons. The Hall–Kier alpha value is -5.27. The highest BCUT2D eigenvalue weighted by Crippen LogP contribution is 2.33. The molecule has 1 aromatic carbocycles. The molecule has 0 bridgehead atoms. The van der Waals surface area contributed by atoms with Crippen LogP contribution in [0.25, 0.3) is 0 Å². The molecule has 0 spiro atoms. The molecule has 3 atom stereocenters. The summed E-state index contributed by atoms with van der Waals surface area (Å²) in [5.41, 5.74) is -1.15. The number of nitrogens with zero attached hydrogens (tertiary/aromatic N) is 1. The Kier molecular flexibility index (Phi) is 18.9. The van der Waals surface area contributed by atoms with Gasteiger partial charge >= 0.3 is 18.3 Å². The number of unbranched alkanes of at least 4 members (excludes halogenated alkanes) is 5. The number of hydrogen-bond donors (Lipinski definition) is 8. The zero-order chi connectivity index (χ0) is 42.6. The van der Waals surface area contributed by atoms with Crippen molar-refractivity contribution in [1.29, 1.82) is 0 Å². The quantitative estimate of drug-likeness (QED) is 0.0512. The first-order chi connectivity index (χ1) is 28.3. The number of urea groups is 1. The third-order valence-electron chi connectivity index (χ3n) is 9.53. The Bertz CT molecular complexity index is 1750. The lowest BCUT2D eigenvalue weighted by Gasteiger charge is -2.16. The van der Waals surface area contributed by atoms with Crippen molar-refractivity contribution in [2.75, 3.05) is 31.9 Å². The van der Waals surface area contributed by atoms with E-state index in [1.165, 1.54) is 24.3 Å². The van der Waals surface area contributed by atoms with Crippen LogP contribution < -0.4 is 42.0 Å². The van der Waals surface area contributed by atoms with E-state index < -0.39 is 36.3 Å². The summed E-state index contributed by atoms with van der Waals surface area (Å²) in [5.74, 6) is -0.154. The standard InChI is InChI=1S/C39H53F3N8O8S/c40-39(41,42)30-20-25(23-47-38(56)57)21-34(49-30)58-27-11-9-10-26(22-27)36(54)46-19-18-45-33(53)14-4-2-8-16-43-31(51)13-3-1-7-17-44-32(52)15-6-5-12-29-35-28(24-59-29)48-37(55)50-35/h9-11,20-22,28-29,35,47H,1-8,12-19,23-24H2,(H,43,51)(H,44,52)(H,45,53)(H,46,54)(H,56,57)(H2,48,50,55)/t28-,29-,35-/m0/s1. The summed E-state index contributed by atoms with van der Waals surface area (Å²) < 4.78 is 45.6. The molecular formula is C39H53F3N8O8S. The third-order valence-corrected chi connectivity index (χ3v) is 11.0. The molecule has 0 aliphatic carbocycles. The van der Waals surface area contributed by atoms with E-state index in [0.29, 0.717) is 43.7 Å². The molecule has 2 fully saturated rings. The number of thioether (sulfide) groups is 1. The van der Waals surface area contributed by atoms with Crippen LogP contribution in [0.15, 0.2) is 36.4 Å². The Labute approximate surface area is 344 Å². The van der Waals surface area contributed by atoms with Crippen molar-refractivity contribution in [3.8, 4) is 11.6 Å². The molecule has 2 aliphatic rings. The molecule has 16 nitrogen and oxygen atoms in total. The number of benzene rings is 1. The Morgan fingerprint density at radius 3 is 2.05 bits per heavy atom. The van der Waals surface area contributed by atoms with Crippen molar-refractivity contribution in [2.45, 2.75) is 107 Å². The maximum atomic E-state index is 13.4. The van der Waals surface area contributed by atoms with Crippen LogP contribution >= 0.6 is 11.8 Å². The topological polar surface area (TPSA) is 229 Å². The minimum Gasteiger partial charge on any atom is -0.465 e. The predicted molar refractivity (Wildman–Crippen MR) is 213 cm³/mol. The lowest BCUT2D eigenvalue weighted by atomic mass is 10.0. The molecule has 1 aromatic heterocycles. The molecule has 2 aromatic rings. The fourth-order valence-corrected chi connectivity index (χ4v) is 8.05. The first-order valence-corrected chi connectivity index (χ1v) is 20.9. The monoisotopic (exact) mass is 850 g/mol. The van der Waals surface area contributed by atoms with E-state index >= 15 is 0 Å². The summed E-state index contributed by atoms with van der Waals surface area (Å²) in [6.07, 6.45) is 2.17. The number of carbonyl (C=O) groups excluding carboxylic acids is 5. The lowest BCUT2D eigenvalue weighted by molar-refractivity contribution is -0.141. The van der Waals surface area contributed by atoms with Gasteiger partial charge < -0.3 is 47.1 Å². The van der Waals surface area contributed by atoms with Crippen LogP contribution in [0.5, 0.6) is 11.6 Å². The number of pyridine rings is 1. The van der Waals surface area contributed by atoms with E-state index in [1.54, 1.807) is 0 Å². The van der Waals surface area contributed by atoms with Gasteiger partial charge in [0, 0.05) is 74.6 Å². The van der Waals surface area contributed by atoms with Crippen LogP contribution in [0.2, 0.25) is 0 Å². The van der Waals surface area contributed by atoms with Crippen molar-refractivity contribution in [3.63, 3.8) is 0 Å². The zero-order valence-electron chi connectivity index (χ0n) is 32.7. The average Bonchev–Trinajstić information content (AvgIpc) is 3.75. The number of hydrogen-bond acceptors (Lipinski definition) is 9. The molecule has 20 heteroatoms. The first-order valence-electron chi connectivity index (χ1n) is 19.9. The van der Waals surface area contributed by atoms with Gasteiger partial charge in [0.05, 0.1) is 12.1 Å². The van der Waals surface area contributed by atoms with E-state index in [-0.39, 0.29) is 72.2 Å². The van der Waals surface area contributed by atoms with Crippen molar-refractivity contribution < 1.29 is 51.8 Å². The van der Waals surface area contributed by atoms with Gasteiger partial charge in [-0.3, -0.25) is 19.2 Å². The second-order valence-electron chi connectivity index (χ2n) is 14.3. The van der Waals surface area contributed by atoms with E-state index in [1.807, 2.05) is 17.1 Å². The summed E-state index contributed by atoms with van der Waals surface area (Å²) in [6.45, 7) is 0.990. The SMILES string of the molecule is O=C(O)NCc1cc(Oc2cccc(C(=O)NCCNC(=O)CCCCCNC(=O)CCCCCNC(=O)CCCC[C@@H]3SC[C@@H]4NC(=O)N[C@@H]43)c2)nc(C(F)(F)F)c1. The molecule has 7 amide bonds. The number of ether oxygens (including phenoxy) is 1. The van der Waals surface area contributed by atoms with Crippen LogP contribution in [0, 0.1) is 0 Å². The summed E-state index contributed by atoms with van der Waals surface area (Å²) in [7, 11) is 0. The first kappa shape index (κ1) is 46.4. The second-order valence-corrected chi connectivity index (χ2v) is 15.6. The summed E-state index contributed by atoms with van der Waals surface area (Å²) in [4.78, 5) is 74.9. The number of aromatic nitrogens is 1. The molecular weight excluding hydrogens is 798 g/mol. The van der Waals surface area contributed by atoms with Gasteiger partial charge in [-0.15, -0.1) is 0 Å². The van der Waals surface area contributed by atoms with E-state index in [0.717, 1.165) is 63.2 Å². The van der Waals surface area contributed by atoms with Gasteiger partial charge in [-0.25, -0.2) is 14.6 Å². The highest BCUT2D eigenvalue weighted by molar-refractivity contribution is 8.00. The summed E-state index contributed by atoms with van der Waals surface area (Å²) in [5, 5.41) is 28.3. The van der Waals surface area contributed by atoms with E-state index in [4.69, 9.17) is 9.84 Å². The third kappa shape index (κ3) is 17.2. The van der Waals surface area contributed by atoms with Gasteiger partial charge in [-0.05, 0) is 68.4 Å². The molecule has 59 heavy (non-hydrogen) atoms. The van der Waals surface area contributed by atoms with E-state index in [2.05, 4.69) is 36.9 Å². The molecule has 2 aliphatic heterocycles. The van der Waals surface area contributed by atoms with E-state index in [9.17, 15) is 41.9 Å². The lowest BCUT2D eigenvalue weighted by Crippen LogP contribution is -2.36. The van der Waals surface area contributed by atoms with Crippen LogP contribution in [0.1, 0.15) is 98.7 Å². The Morgan fingerprint density at radius 1 is 0.780 bits per heavy atom. The molecule has 0 saturated carbocycles. The largest absolute Gasteiger partial charge is 0.465 e. The number of alkyl halides is 3. The fourth-order valence-electron chi connectivity index (χ4n) is 6.51. The molecule has 4 rings (SSSR count). The van der Waals surface area contributed by atoms with Gasteiger partial charge in [0.1, 0.15) is 11.4 Å². The maximum absolute atomic E-state index is 13.4. The van der Waals surface area contributed by atoms with Gasteiger partial charge in [-0.2, -0.15) is 24.9 Å². The summed E-state index contributed by atoms with van der Waals surface area (Å²) >= 11 is 1.88.